The van der Waals surface area contributed by atoms with Crippen LogP contribution in [-0.4, -0.2) is 52.7 Å². The number of rotatable bonds is 8. The van der Waals surface area contributed by atoms with Crippen molar-refractivity contribution in [2.24, 2.45) is 0 Å². The molecule has 1 saturated heterocycles. The molecule has 3 aromatic carbocycles. The molecule has 3 aromatic rings. The fraction of sp³-hybridized carbons (Fsp3) is 0.222. The van der Waals surface area contributed by atoms with Gasteiger partial charge in [0.1, 0.15) is 18.6 Å². The number of thioether (sulfide) groups is 1. The maximum Gasteiger partial charge on any atom is 0.509 e. The molecule has 1 aliphatic rings. The summed E-state index contributed by atoms with van der Waals surface area (Å²) in [4.78, 5) is 37.6. The quantitative estimate of drug-likeness (QED) is 0.353. The molecule has 9 heteroatoms. The van der Waals surface area contributed by atoms with Gasteiger partial charge in [0.25, 0.3) is 0 Å². The molecular weight excluding hydrogens is 484 g/mol. The normalized spacial score (nSPS) is 20.8. The van der Waals surface area contributed by atoms with E-state index in [-0.39, 0.29) is 18.8 Å². The predicted molar refractivity (Wildman–Crippen MR) is 131 cm³/mol. The minimum Gasteiger partial charge on any atom is -0.461 e. The summed E-state index contributed by atoms with van der Waals surface area (Å²) in [5.74, 6) is -1.23. The molecule has 0 bridgehead atoms. The molecule has 1 fully saturated rings. The molecule has 1 unspecified atom stereocenters. The first-order valence-corrected chi connectivity index (χ1v) is 12.1. The lowest BCUT2D eigenvalue weighted by Gasteiger charge is -2.24. The Morgan fingerprint density at radius 3 is 1.86 bits per heavy atom. The van der Waals surface area contributed by atoms with Gasteiger partial charge in [0.15, 0.2) is 12.2 Å². The number of hydrogen-bond donors (Lipinski definition) is 1. The fourth-order valence-corrected chi connectivity index (χ4v) is 4.79. The predicted octanol–water partition coefficient (Wildman–Crippen LogP) is 4.22. The molecule has 4 atom stereocenters. The molecule has 0 aromatic heterocycles. The SMILES string of the molecule is O=C(OCc1ccccc1)O[C@@H]1C(O)S[C@H](COC(=O)c2ccccc2)[C@@H]1OC(=O)c1ccccc1. The molecule has 1 aliphatic heterocycles. The zero-order chi connectivity index (χ0) is 25.3. The Balaban J connectivity index is 1.44. The molecule has 0 aliphatic carbocycles. The third-order valence-corrected chi connectivity index (χ3v) is 6.66. The topological polar surface area (TPSA) is 108 Å². The second-order valence-corrected chi connectivity index (χ2v) is 9.23. The van der Waals surface area contributed by atoms with Crippen molar-refractivity contribution >= 4 is 29.9 Å². The molecule has 36 heavy (non-hydrogen) atoms. The van der Waals surface area contributed by atoms with Crippen LogP contribution in [0, 0.1) is 0 Å². The van der Waals surface area contributed by atoms with Crippen molar-refractivity contribution in [3.8, 4) is 0 Å². The minimum absolute atomic E-state index is 0.0256. The molecule has 0 spiro atoms. The lowest BCUT2D eigenvalue weighted by atomic mass is 10.1. The molecule has 0 amide bonds. The number of carbonyl (C=O) groups excluding carboxylic acids is 3. The van der Waals surface area contributed by atoms with Crippen LogP contribution >= 0.6 is 11.8 Å². The largest absolute Gasteiger partial charge is 0.509 e. The lowest BCUT2D eigenvalue weighted by molar-refractivity contribution is -0.0675. The van der Waals surface area contributed by atoms with Crippen molar-refractivity contribution in [2.75, 3.05) is 6.61 Å². The van der Waals surface area contributed by atoms with Crippen LogP contribution < -0.4 is 0 Å². The van der Waals surface area contributed by atoms with Crippen LogP contribution in [0.5, 0.6) is 0 Å². The van der Waals surface area contributed by atoms with Gasteiger partial charge in [-0.25, -0.2) is 14.4 Å². The molecule has 1 N–H and O–H groups in total. The molecule has 186 valence electrons. The lowest BCUT2D eigenvalue weighted by Crippen LogP contribution is -2.42. The van der Waals surface area contributed by atoms with E-state index >= 15 is 0 Å². The molecule has 4 rings (SSSR count). The zero-order valence-electron chi connectivity index (χ0n) is 19.1. The number of aliphatic hydroxyl groups is 1. The average molecular weight is 509 g/mol. The van der Waals surface area contributed by atoms with Gasteiger partial charge >= 0.3 is 18.1 Å². The van der Waals surface area contributed by atoms with Gasteiger partial charge < -0.3 is 24.1 Å². The second kappa shape index (κ2) is 12.2. The first kappa shape index (κ1) is 25.3. The Bertz CT molecular complexity index is 1160. The van der Waals surface area contributed by atoms with Crippen LogP contribution in [-0.2, 0) is 25.6 Å². The average Bonchev–Trinajstić information content (AvgIpc) is 3.21. The summed E-state index contributed by atoms with van der Waals surface area (Å²) in [5.41, 5.74) is 0.169. The Hall–Kier alpha value is -3.82. The summed E-state index contributed by atoms with van der Waals surface area (Å²) in [6.45, 7) is -0.205. The Morgan fingerprint density at radius 1 is 0.694 bits per heavy atom. The van der Waals surface area contributed by atoms with Crippen LogP contribution in [0.3, 0.4) is 0 Å². The van der Waals surface area contributed by atoms with Gasteiger partial charge in [-0.2, -0.15) is 0 Å². The van der Waals surface area contributed by atoms with Crippen LogP contribution in [0.2, 0.25) is 0 Å². The summed E-state index contributed by atoms with van der Waals surface area (Å²) < 4.78 is 21.6. The van der Waals surface area contributed by atoms with Crippen molar-refractivity contribution in [1.82, 2.24) is 0 Å². The smallest absolute Gasteiger partial charge is 0.461 e. The van der Waals surface area contributed by atoms with Gasteiger partial charge in [-0.3, -0.25) is 0 Å². The standard InChI is InChI=1S/C27H24O8S/c28-24(19-12-6-2-7-13-19)32-17-21-22(34-25(29)20-14-8-3-9-15-20)23(26(30)36-21)35-27(31)33-16-18-10-4-1-5-11-18/h1-15,21-23,26,30H,16-17H2/t21-,22+,23+,26?/m1/s1. The van der Waals surface area contributed by atoms with Gasteiger partial charge in [-0.1, -0.05) is 66.7 Å². The third-order valence-electron chi connectivity index (χ3n) is 5.36. The molecular formula is C27H24O8S. The Labute approximate surface area is 212 Å². The highest BCUT2D eigenvalue weighted by Crippen LogP contribution is 2.37. The van der Waals surface area contributed by atoms with E-state index in [1.165, 1.54) is 0 Å². The highest BCUT2D eigenvalue weighted by molar-refractivity contribution is 8.00. The summed E-state index contributed by atoms with van der Waals surface area (Å²) >= 11 is 0.981. The second-order valence-electron chi connectivity index (χ2n) is 7.87. The number of ether oxygens (including phenoxy) is 4. The first-order chi connectivity index (χ1) is 17.5. The summed E-state index contributed by atoms with van der Waals surface area (Å²) in [5, 5.41) is 9.94. The van der Waals surface area contributed by atoms with Crippen molar-refractivity contribution < 1.29 is 38.4 Å². The highest BCUT2D eigenvalue weighted by atomic mass is 32.2. The summed E-state index contributed by atoms with van der Waals surface area (Å²) in [6.07, 6.45) is -3.34. The Kier molecular flexibility index (Phi) is 8.59. The number of carbonyl (C=O) groups is 3. The van der Waals surface area contributed by atoms with E-state index in [1.54, 1.807) is 72.8 Å². The maximum absolute atomic E-state index is 12.8. The van der Waals surface area contributed by atoms with Crippen LogP contribution in [0.1, 0.15) is 26.3 Å². The van der Waals surface area contributed by atoms with Crippen molar-refractivity contribution in [2.45, 2.75) is 29.5 Å². The van der Waals surface area contributed by atoms with Crippen LogP contribution in [0.4, 0.5) is 4.79 Å². The van der Waals surface area contributed by atoms with E-state index in [0.29, 0.717) is 5.56 Å². The van der Waals surface area contributed by atoms with Crippen molar-refractivity contribution in [3.63, 3.8) is 0 Å². The highest BCUT2D eigenvalue weighted by Gasteiger charge is 2.49. The van der Waals surface area contributed by atoms with Gasteiger partial charge in [0.2, 0.25) is 0 Å². The third kappa shape index (κ3) is 6.65. The Morgan fingerprint density at radius 2 is 1.25 bits per heavy atom. The van der Waals surface area contributed by atoms with Crippen molar-refractivity contribution in [3.05, 3.63) is 108 Å². The zero-order valence-corrected chi connectivity index (χ0v) is 19.9. The van der Waals surface area contributed by atoms with Gasteiger partial charge in [-0.15, -0.1) is 11.8 Å². The fourth-order valence-electron chi connectivity index (χ4n) is 3.55. The number of hydrogen-bond acceptors (Lipinski definition) is 9. The van der Waals surface area contributed by atoms with E-state index in [9.17, 15) is 19.5 Å². The van der Waals surface area contributed by atoms with E-state index in [2.05, 4.69) is 0 Å². The minimum atomic E-state index is -1.23. The molecule has 8 nitrogen and oxygen atoms in total. The first-order valence-electron chi connectivity index (χ1n) is 11.2. The summed E-state index contributed by atoms with van der Waals surface area (Å²) in [6, 6.07) is 25.7. The van der Waals surface area contributed by atoms with E-state index in [4.69, 9.17) is 18.9 Å². The molecule has 0 radical (unpaired) electrons. The monoisotopic (exact) mass is 508 g/mol. The summed E-state index contributed by atoms with van der Waals surface area (Å²) in [7, 11) is 0. The number of benzene rings is 3. The van der Waals surface area contributed by atoms with Crippen LogP contribution in [0.25, 0.3) is 0 Å². The number of aliphatic hydroxyl groups excluding tert-OH is 1. The van der Waals surface area contributed by atoms with E-state index in [1.807, 2.05) is 18.2 Å². The van der Waals surface area contributed by atoms with Gasteiger partial charge in [0, 0.05) is 0 Å². The van der Waals surface area contributed by atoms with Gasteiger partial charge in [-0.05, 0) is 29.8 Å². The van der Waals surface area contributed by atoms with E-state index in [0.717, 1.165) is 17.3 Å². The number of esters is 2. The van der Waals surface area contributed by atoms with Gasteiger partial charge in [0.05, 0.1) is 16.4 Å². The van der Waals surface area contributed by atoms with E-state index < -0.39 is 41.0 Å². The molecule has 0 saturated carbocycles. The maximum atomic E-state index is 12.8. The van der Waals surface area contributed by atoms with Crippen molar-refractivity contribution in [1.29, 1.82) is 0 Å². The molecule has 1 heterocycles. The van der Waals surface area contributed by atoms with Crippen LogP contribution in [0.15, 0.2) is 91.0 Å².